The largest absolute Gasteiger partial charge is 0.342 e. The minimum atomic E-state index is -1.12. The predicted octanol–water partition coefficient (Wildman–Crippen LogP) is 2.59. The monoisotopic (exact) mass is 431 g/mol. The SMILES string of the molecule is CC1CC(C)CN(c2nc3c(c(=O)[nH]2)C(C(=O)Nc2ccc(F)c(F)c2)CC(=O)N3)C1. The van der Waals surface area contributed by atoms with Gasteiger partial charge in [0, 0.05) is 31.3 Å². The smallest absolute Gasteiger partial charge is 0.258 e. The topological polar surface area (TPSA) is 107 Å². The first-order valence-corrected chi connectivity index (χ1v) is 10.2. The Morgan fingerprint density at radius 3 is 2.55 bits per heavy atom. The summed E-state index contributed by atoms with van der Waals surface area (Å²) >= 11 is 0. The van der Waals surface area contributed by atoms with Crippen molar-refractivity contribution >= 4 is 29.3 Å². The van der Waals surface area contributed by atoms with E-state index in [0.717, 1.165) is 31.6 Å². The van der Waals surface area contributed by atoms with Crippen LogP contribution in [-0.2, 0) is 9.59 Å². The third-order valence-corrected chi connectivity index (χ3v) is 5.61. The van der Waals surface area contributed by atoms with Crippen LogP contribution in [0.5, 0.6) is 0 Å². The molecule has 1 aromatic carbocycles. The summed E-state index contributed by atoms with van der Waals surface area (Å²) in [6.45, 7) is 5.69. The zero-order chi connectivity index (χ0) is 22.3. The number of hydrogen-bond acceptors (Lipinski definition) is 5. The van der Waals surface area contributed by atoms with E-state index >= 15 is 0 Å². The number of H-pyrrole nitrogens is 1. The second kappa shape index (κ2) is 8.09. The number of rotatable bonds is 3. The molecule has 10 heteroatoms. The Balaban J connectivity index is 1.64. The Kier molecular flexibility index (Phi) is 5.47. The van der Waals surface area contributed by atoms with Gasteiger partial charge in [-0.2, -0.15) is 4.98 Å². The molecule has 3 heterocycles. The Morgan fingerprint density at radius 1 is 1.16 bits per heavy atom. The van der Waals surface area contributed by atoms with Crippen molar-refractivity contribution < 1.29 is 18.4 Å². The van der Waals surface area contributed by atoms with Gasteiger partial charge in [0.2, 0.25) is 17.8 Å². The summed E-state index contributed by atoms with van der Waals surface area (Å²) in [6, 6.07) is 2.92. The highest BCUT2D eigenvalue weighted by Gasteiger charge is 2.35. The molecular weight excluding hydrogens is 408 g/mol. The second-order valence-electron chi connectivity index (χ2n) is 8.43. The molecule has 1 aromatic heterocycles. The van der Waals surface area contributed by atoms with Gasteiger partial charge in [-0.15, -0.1) is 0 Å². The van der Waals surface area contributed by atoms with Gasteiger partial charge in [0.25, 0.3) is 5.56 Å². The van der Waals surface area contributed by atoms with E-state index in [-0.39, 0.29) is 23.5 Å². The molecule has 2 aliphatic rings. The summed E-state index contributed by atoms with van der Waals surface area (Å²) in [6.07, 6.45) is 0.818. The van der Waals surface area contributed by atoms with E-state index in [2.05, 4.69) is 34.4 Å². The molecule has 0 radical (unpaired) electrons. The van der Waals surface area contributed by atoms with Gasteiger partial charge in [0.15, 0.2) is 11.6 Å². The number of benzene rings is 1. The highest BCUT2D eigenvalue weighted by molar-refractivity contribution is 6.04. The maximum Gasteiger partial charge on any atom is 0.258 e. The molecule has 164 valence electrons. The van der Waals surface area contributed by atoms with E-state index < -0.39 is 34.9 Å². The molecule has 3 unspecified atom stereocenters. The van der Waals surface area contributed by atoms with Crippen LogP contribution in [0.4, 0.5) is 26.2 Å². The molecular formula is C21H23F2N5O3. The van der Waals surface area contributed by atoms with Gasteiger partial charge in [0.05, 0.1) is 11.5 Å². The number of fused-ring (bicyclic) bond motifs is 1. The molecule has 2 aliphatic heterocycles. The maximum atomic E-state index is 13.5. The lowest BCUT2D eigenvalue weighted by Crippen LogP contribution is -2.42. The van der Waals surface area contributed by atoms with Crippen molar-refractivity contribution in [3.05, 3.63) is 45.8 Å². The first-order chi connectivity index (χ1) is 14.7. The molecule has 0 saturated carbocycles. The number of piperidine rings is 1. The predicted molar refractivity (Wildman–Crippen MR) is 111 cm³/mol. The normalized spacial score (nSPS) is 23.2. The third kappa shape index (κ3) is 4.28. The molecule has 1 saturated heterocycles. The zero-order valence-corrected chi connectivity index (χ0v) is 17.2. The lowest BCUT2D eigenvalue weighted by Gasteiger charge is -2.35. The average molecular weight is 431 g/mol. The summed E-state index contributed by atoms with van der Waals surface area (Å²) in [4.78, 5) is 47.1. The number of carbonyl (C=O) groups excluding carboxylic acids is 2. The first-order valence-electron chi connectivity index (χ1n) is 10.2. The molecule has 3 N–H and O–H groups in total. The molecule has 0 bridgehead atoms. The lowest BCUT2D eigenvalue weighted by atomic mass is 9.91. The zero-order valence-electron chi connectivity index (χ0n) is 17.2. The summed E-state index contributed by atoms with van der Waals surface area (Å²) < 4.78 is 26.6. The Morgan fingerprint density at radius 2 is 1.87 bits per heavy atom. The number of hydrogen-bond donors (Lipinski definition) is 3. The number of nitrogens with zero attached hydrogens (tertiary/aromatic N) is 2. The van der Waals surface area contributed by atoms with Crippen LogP contribution in [0, 0.1) is 23.5 Å². The number of carbonyl (C=O) groups is 2. The van der Waals surface area contributed by atoms with Crippen molar-refractivity contribution in [2.75, 3.05) is 28.6 Å². The van der Waals surface area contributed by atoms with Gasteiger partial charge in [0.1, 0.15) is 5.82 Å². The van der Waals surface area contributed by atoms with E-state index in [0.29, 0.717) is 17.8 Å². The van der Waals surface area contributed by atoms with E-state index in [1.807, 2.05) is 4.90 Å². The summed E-state index contributed by atoms with van der Waals surface area (Å²) in [5.74, 6) is -3.16. The number of halogens is 2. The third-order valence-electron chi connectivity index (χ3n) is 5.61. The summed E-state index contributed by atoms with van der Waals surface area (Å²) in [5, 5.41) is 5.02. The highest BCUT2D eigenvalue weighted by atomic mass is 19.2. The first kappa shape index (κ1) is 21.0. The fourth-order valence-electron chi connectivity index (χ4n) is 4.37. The quantitative estimate of drug-likeness (QED) is 0.693. The van der Waals surface area contributed by atoms with Crippen molar-refractivity contribution in [2.24, 2.45) is 11.8 Å². The second-order valence-corrected chi connectivity index (χ2v) is 8.43. The van der Waals surface area contributed by atoms with E-state index in [9.17, 15) is 23.2 Å². The van der Waals surface area contributed by atoms with E-state index in [1.54, 1.807) is 0 Å². The Labute approximate surface area is 177 Å². The van der Waals surface area contributed by atoms with Crippen LogP contribution in [0.3, 0.4) is 0 Å². The fourth-order valence-corrected chi connectivity index (χ4v) is 4.37. The number of nitrogens with one attached hydrogen (secondary N) is 3. The van der Waals surface area contributed by atoms with Gasteiger partial charge in [-0.05, 0) is 30.4 Å². The standard InChI is InChI=1S/C21H23F2N5O3/c1-10-5-11(2)9-28(8-10)21-26-18-17(20(31)27-21)13(7-16(29)25-18)19(30)24-12-3-4-14(22)15(23)6-12/h3-4,6,10-11,13H,5,7-9H2,1-2H3,(H,24,30)(H2,25,26,27,29,31). The molecule has 4 rings (SSSR count). The molecule has 2 aromatic rings. The molecule has 8 nitrogen and oxygen atoms in total. The number of amides is 2. The lowest BCUT2D eigenvalue weighted by molar-refractivity contribution is -0.123. The average Bonchev–Trinajstić information content (AvgIpc) is 2.69. The molecule has 3 atom stereocenters. The van der Waals surface area contributed by atoms with Gasteiger partial charge in [-0.3, -0.25) is 19.4 Å². The van der Waals surface area contributed by atoms with Crippen LogP contribution in [-0.4, -0.2) is 34.9 Å². The minimum Gasteiger partial charge on any atom is -0.342 e. The van der Waals surface area contributed by atoms with E-state index in [1.165, 1.54) is 6.07 Å². The van der Waals surface area contributed by atoms with Crippen molar-refractivity contribution in [2.45, 2.75) is 32.6 Å². The van der Waals surface area contributed by atoms with Gasteiger partial charge in [-0.1, -0.05) is 13.8 Å². The molecule has 1 fully saturated rings. The van der Waals surface area contributed by atoms with Crippen LogP contribution in [0.15, 0.2) is 23.0 Å². The minimum absolute atomic E-state index is 0.0220. The molecule has 31 heavy (non-hydrogen) atoms. The van der Waals surface area contributed by atoms with Crippen LogP contribution in [0.2, 0.25) is 0 Å². The Bertz CT molecular complexity index is 1090. The van der Waals surface area contributed by atoms with Crippen LogP contribution in [0.1, 0.15) is 38.2 Å². The maximum absolute atomic E-state index is 13.5. The summed E-state index contributed by atoms with van der Waals surface area (Å²) in [7, 11) is 0. The molecule has 2 amide bonds. The Hall–Kier alpha value is -3.30. The van der Waals surface area contributed by atoms with Gasteiger partial charge in [-0.25, -0.2) is 8.78 Å². The number of aromatic amines is 1. The van der Waals surface area contributed by atoms with Gasteiger partial charge < -0.3 is 15.5 Å². The molecule has 0 aliphatic carbocycles. The van der Waals surface area contributed by atoms with E-state index in [4.69, 9.17) is 0 Å². The summed E-state index contributed by atoms with van der Waals surface area (Å²) in [5.41, 5.74) is -0.452. The number of aromatic nitrogens is 2. The number of anilines is 3. The molecule has 0 spiro atoms. The van der Waals surface area contributed by atoms with Crippen LogP contribution < -0.4 is 21.1 Å². The highest BCUT2D eigenvalue weighted by Crippen LogP contribution is 2.31. The van der Waals surface area contributed by atoms with Crippen molar-refractivity contribution in [1.82, 2.24) is 9.97 Å². The van der Waals surface area contributed by atoms with Crippen molar-refractivity contribution in [1.29, 1.82) is 0 Å². The van der Waals surface area contributed by atoms with Crippen molar-refractivity contribution in [3.8, 4) is 0 Å². The van der Waals surface area contributed by atoms with Crippen molar-refractivity contribution in [3.63, 3.8) is 0 Å². The van der Waals surface area contributed by atoms with Gasteiger partial charge >= 0.3 is 0 Å². The fraction of sp³-hybridized carbons (Fsp3) is 0.429. The van der Waals surface area contributed by atoms with Crippen LogP contribution in [0.25, 0.3) is 0 Å². The van der Waals surface area contributed by atoms with Crippen LogP contribution >= 0.6 is 0 Å².